The van der Waals surface area contributed by atoms with E-state index in [4.69, 9.17) is 37.4 Å². The van der Waals surface area contributed by atoms with Crippen LogP contribution in [0.4, 0.5) is 0 Å². The van der Waals surface area contributed by atoms with E-state index in [0.717, 1.165) is 36.8 Å². The highest BCUT2D eigenvalue weighted by Gasteiger charge is 2.27. The van der Waals surface area contributed by atoms with Crippen LogP contribution in [-0.2, 0) is 36.9 Å². The molecule has 2 aromatic rings. The van der Waals surface area contributed by atoms with Crippen molar-refractivity contribution in [3.05, 3.63) is 68.7 Å². The van der Waals surface area contributed by atoms with Crippen LogP contribution in [0.15, 0.2) is 36.4 Å². The summed E-state index contributed by atoms with van der Waals surface area (Å²) in [6, 6.07) is 12.6. The highest BCUT2D eigenvalue weighted by Crippen LogP contribution is 2.38. The Kier molecular flexibility index (Phi) is 15.1. The highest BCUT2D eigenvalue weighted by atomic mass is 35.5. The first kappa shape index (κ1) is 33.5. The maximum Gasteiger partial charge on any atom is 0.220 e. The number of fused-ring (bicyclic) bond motifs is 1. The average Bonchev–Trinajstić information content (AvgIpc) is 2.96. The molecule has 1 atom stereocenters. The third kappa shape index (κ3) is 12.0. The number of hydrogen-bond donors (Lipinski definition) is 2. The van der Waals surface area contributed by atoms with E-state index in [-0.39, 0.29) is 24.0 Å². The van der Waals surface area contributed by atoms with Crippen molar-refractivity contribution in [1.29, 1.82) is 0 Å². The molecule has 0 aromatic heterocycles. The average molecular weight is 609 g/mol. The van der Waals surface area contributed by atoms with Gasteiger partial charge < -0.3 is 29.7 Å². The summed E-state index contributed by atoms with van der Waals surface area (Å²) in [5, 5.41) is 7.60. The Bertz CT molecular complexity index is 1120. The predicted octanol–water partition coefficient (Wildman–Crippen LogP) is 4.59. The number of halogens is 2. The molecule has 2 N–H and O–H groups in total. The molecule has 0 spiro atoms. The normalized spacial score (nSPS) is 15.1. The molecule has 0 saturated heterocycles. The number of Topliss-reactive ketones (excluding diaryl/α,β-unsaturated/α-hetero) is 1. The van der Waals surface area contributed by atoms with Gasteiger partial charge in [0.05, 0.1) is 39.6 Å². The van der Waals surface area contributed by atoms with Crippen molar-refractivity contribution in [2.45, 2.75) is 45.2 Å². The second-order valence-electron chi connectivity index (χ2n) is 10.2. The van der Waals surface area contributed by atoms with E-state index in [0.29, 0.717) is 64.1 Å². The molecule has 3 rings (SSSR count). The zero-order valence-electron chi connectivity index (χ0n) is 24.2. The molecule has 41 heavy (non-hydrogen) atoms. The molecule has 226 valence electrons. The van der Waals surface area contributed by atoms with Gasteiger partial charge in [-0.05, 0) is 41.4 Å². The van der Waals surface area contributed by atoms with Gasteiger partial charge in [-0.2, -0.15) is 0 Å². The molecular formula is C31H43Cl2N3O5. The summed E-state index contributed by atoms with van der Waals surface area (Å²) in [5.41, 5.74) is 4.86. The summed E-state index contributed by atoms with van der Waals surface area (Å²) in [6.45, 7) is 8.42. The zero-order chi connectivity index (χ0) is 29.5. The van der Waals surface area contributed by atoms with E-state index in [1.165, 1.54) is 16.7 Å². The van der Waals surface area contributed by atoms with Crippen molar-refractivity contribution >= 4 is 34.9 Å². The molecule has 0 bridgehead atoms. The third-order valence-corrected chi connectivity index (χ3v) is 7.49. The van der Waals surface area contributed by atoms with Crippen LogP contribution in [0.5, 0.6) is 0 Å². The molecule has 1 unspecified atom stereocenters. The summed E-state index contributed by atoms with van der Waals surface area (Å²) in [6.07, 6.45) is 0.999. The van der Waals surface area contributed by atoms with Crippen molar-refractivity contribution in [1.82, 2.24) is 15.5 Å². The minimum absolute atomic E-state index is 0.1000. The van der Waals surface area contributed by atoms with Gasteiger partial charge in [0.1, 0.15) is 5.78 Å². The Balaban J connectivity index is 1.22. The van der Waals surface area contributed by atoms with Crippen LogP contribution >= 0.6 is 23.2 Å². The lowest BCUT2D eigenvalue weighted by atomic mass is 9.84. The topological polar surface area (TPSA) is 89.1 Å². The number of nitrogens with one attached hydrogen (secondary N) is 2. The van der Waals surface area contributed by atoms with Crippen molar-refractivity contribution in [2.75, 3.05) is 66.3 Å². The molecule has 0 aliphatic carbocycles. The third-order valence-electron chi connectivity index (χ3n) is 6.94. The van der Waals surface area contributed by atoms with Crippen LogP contribution in [0, 0.1) is 0 Å². The van der Waals surface area contributed by atoms with Gasteiger partial charge in [-0.25, -0.2) is 0 Å². The van der Waals surface area contributed by atoms with Crippen molar-refractivity contribution in [2.24, 2.45) is 0 Å². The fourth-order valence-corrected chi connectivity index (χ4v) is 5.32. The van der Waals surface area contributed by atoms with Crippen molar-refractivity contribution in [3.8, 4) is 0 Å². The van der Waals surface area contributed by atoms with E-state index in [2.05, 4.69) is 52.9 Å². The second-order valence-corrected chi connectivity index (χ2v) is 11.0. The Morgan fingerprint density at radius 1 is 0.951 bits per heavy atom. The van der Waals surface area contributed by atoms with Gasteiger partial charge in [-0.1, -0.05) is 54.4 Å². The number of likely N-dealkylation sites (N-methyl/N-ethyl adjacent to an activating group) is 1. The minimum Gasteiger partial charge on any atom is -0.378 e. The van der Waals surface area contributed by atoms with Gasteiger partial charge in [-0.15, -0.1) is 0 Å². The van der Waals surface area contributed by atoms with Gasteiger partial charge in [0.15, 0.2) is 0 Å². The molecule has 1 heterocycles. The molecular weight excluding hydrogens is 565 g/mol. The van der Waals surface area contributed by atoms with E-state index >= 15 is 0 Å². The monoisotopic (exact) mass is 607 g/mol. The molecule has 0 saturated carbocycles. The lowest BCUT2D eigenvalue weighted by molar-refractivity contribution is -0.125. The second kappa shape index (κ2) is 18.5. The van der Waals surface area contributed by atoms with Crippen LogP contribution in [0.25, 0.3) is 0 Å². The van der Waals surface area contributed by atoms with Gasteiger partial charge in [0, 0.05) is 67.9 Å². The summed E-state index contributed by atoms with van der Waals surface area (Å²) >= 11 is 12.9. The standard InChI is InChI=1S/C31H43Cl2N3O5/c1-3-26(37)7-8-31(38)35-10-12-40-14-16-41-15-13-39-11-9-34-20-23-5-4-6-24(17-23)28-21-36(2)22-29-27(28)18-25(32)19-30(29)33/h4-6,17-19,28,34H,3,7-16,20-22H2,1-2H3,(H,35,38). The number of hydrogen-bond acceptors (Lipinski definition) is 7. The Hall–Kier alpha value is -2.04. The Morgan fingerprint density at radius 2 is 1.66 bits per heavy atom. The predicted molar refractivity (Wildman–Crippen MR) is 163 cm³/mol. The summed E-state index contributed by atoms with van der Waals surface area (Å²) in [5.74, 6) is 0.202. The van der Waals surface area contributed by atoms with Crippen molar-refractivity contribution in [3.63, 3.8) is 0 Å². The lowest BCUT2D eigenvalue weighted by Crippen LogP contribution is -2.31. The Morgan fingerprint density at radius 3 is 2.39 bits per heavy atom. The van der Waals surface area contributed by atoms with E-state index in [1.54, 1.807) is 6.92 Å². The molecule has 1 aliphatic heterocycles. The first-order chi connectivity index (χ1) is 19.9. The smallest absolute Gasteiger partial charge is 0.220 e. The zero-order valence-corrected chi connectivity index (χ0v) is 25.7. The molecule has 1 aliphatic rings. The molecule has 0 fully saturated rings. The van der Waals surface area contributed by atoms with Crippen LogP contribution in [0.3, 0.4) is 0 Å². The number of ether oxygens (including phenoxy) is 3. The summed E-state index contributed by atoms with van der Waals surface area (Å²) < 4.78 is 16.6. The van der Waals surface area contributed by atoms with Crippen LogP contribution in [-0.4, -0.2) is 82.9 Å². The van der Waals surface area contributed by atoms with Gasteiger partial charge in [-0.3, -0.25) is 9.59 Å². The molecule has 0 radical (unpaired) electrons. The minimum atomic E-state index is -0.123. The van der Waals surface area contributed by atoms with Crippen molar-refractivity contribution < 1.29 is 23.8 Å². The largest absolute Gasteiger partial charge is 0.378 e. The quantitative estimate of drug-likeness (QED) is 0.226. The summed E-state index contributed by atoms with van der Waals surface area (Å²) in [7, 11) is 2.12. The first-order valence-electron chi connectivity index (χ1n) is 14.3. The molecule has 8 nitrogen and oxygen atoms in total. The van der Waals surface area contributed by atoms with E-state index in [9.17, 15) is 9.59 Å². The highest BCUT2D eigenvalue weighted by molar-refractivity contribution is 6.35. The first-order valence-corrected chi connectivity index (χ1v) is 15.1. The fourth-order valence-electron chi connectivity index (χ4n) is 4.75. The summed E-state index contributed by atoms with van der Waals surface area (Å²) in [4.78, 5) is 25.1. The maximum absolute atomic E-state index is 11.6. The molecule has 10 heteroatoms. The van der Waals surface area contributed by atoms with E-state index < -0.39 is 0 Å². The number of nitrogens with zero attached hydrogens (tertiary/aromatic N) is 1. The van der Waals surface area contributed by atoms with Gasteiger partial charge in [0.2, 0.25) is 5.91 Å². The number of amides is 1. The number of carbonyl (C=O) groups excluding carboxylic acids is 2. The lowest BCUT2D eigenvalue weighted by Gasteiger charge is -2.33. The Labute approximate surface area is 254 Å². The number of benzene rings is 2. The number of carbonyl (C=O) groups is 2. The number of ketones is 1. The van der Waals surface area contributed by atoms with Crippen LogP contribution < -0.4 is 10.6 Å². The van der Waals surface area contributed by atoms with Gasteiger partial charge in [0.25, 0.3) is 0 Å². The van der Waals surface area contributed by atoms with Crippen LogP contribution in [0.2, 0.25) is 10.0 Å². The molecule has 2 aromatic carbocycles. The van der Waals surface area contributed by atoms with Crippen LogP contribution in [0.1, 0.15) is 54.4 Å². The van der Waals surface area contributed by atoms with E-state index in [1.807, 2.05) is 6.07 Å². The SMILES string of the molecule is CCC(=O)CCC(=O)NCCOCCOCCOCCNCc1cccc(C2CN(C)Cc3c(Cl)cc(Cl)cc32)c1. The fraction of sp³-hybridized carbons (Fsp3) is 0.548. The van der Waals surface area contributed by atoms with Gasteiger partial charge >= 0.3 is 0 Å². The molecule has 1 amide bonds. The maximum atomic E-state index is 11.6. The number of rotatable bonds is 19.